The van der Waals surface area contributed by atoms with Gasteiger partial charge in [0.25, 0.3) is 0 Å². The summed E-state index contributed by atoms with van der Waals surface area (Å²) in [5.41, 5.74) is 3.88. The van der Waals surface area contributed by atoms with E-state index in [2.05, 4.69) is 44.4 Å². The Bertz CT molecular complexity index is 575. The van der Waals surface area contributed by atoms with Crippen molar-refractivity contribution in [1.82, 2.24) is 0 Å². The second-order valence-corrected chi connectivity index (χ2v) is 5.56. The average Bonchev–Trinajstić information content (AvgIpc) is 2.72. The van der Waals surface area contributed by atoms with Gasteiger partial charge < -0.3 is 0 Å². The molecule has 76 valence electrons. The Labute approximate surface area is 93.5 Å². The van der Waals surface area contributed by atoms with Crippen molar-refractivity contribution in [3.05, 3.63) is 29.1 Å². The van der Waals surface area contributed by atoms with E-state index in [0.29, 0.717) is 0 Å². The number of aliphatic imine (C=N–C) groups is 1. The fourth-order valence-corrected chi connectivity index (χ4v) is 2.94. The lowest BCUT2D eigenvalue weighted by molar-refractivity contribution is 0.734. The van der Waals surface area contributed by atoms with Gasteiger partial charge >= 0.3 is 0 Å². The van der Waals surface area contributed by atoms with Gasteiger partial charge in [0, 0.05) is 21.2 Å². The second-order valence-electron chi connectivity index (χ2n) is 4.62. The molecule has 1 aromatic heterocycles. The van der Waals surface area contributed by atoms with E-state index in [4.69, 9.17) is 4.99 Å². The number of fused-ring (bicyclic) bond motifs is 3. The van der Waals surface area contributed by atoms with E-state index in [1.54, 1.807) is 11.3 Å². The van der Waals surface area contributed by atoms with Crippen molar-refractivity contribution in [2.75, 3.05) is 0 Å². The van der Waals surface area contributed by atoms with Gasteiger partial charge in [0.15, 0.2) is 0 Å². The molecule has 1 aliphatic rings. The predicted octanol–water partition coefficient (Wildman–Crippen LogP) is 4.28. The number of hydrogen-bond donors (Lipinski definition) is 0. The molecule has 0 spiro atoms. The van der Waals surface area contributed by atoms with Crippen LogP contribution >= 0.6 is 11.3 Å². The molecule has 0 radical (unpaired) electrons. The van der Waals surface area contributed by atoms with Crippen LogP contribution < -0.4 is 0 Å². The van der Waals surface area contributed by atoms with Crippen molar-refractivity contribution in [3.8, 4) is 0 Å². The summed E-state index contributed by atoms with van der Waals surface area (Å²) in [7, 11) is 0. The van der Waals surface area contributed by atoms with Gasteiger partial charge in [-0.05, 0) is 30.0 Å². The molecule has 15 heavy (non-hydrogen) atoms. The van der Waals surface area contributed by atoms with Crippen LogP contribution in [0.3, 0.4) is 0 Å². The van der Waals surface area contributed by atoms with Crippen molar-refractivity contribution in [3.63, 3.8) is 0 Å². The predicted molar refractivity (Wildman–Crippen MR) is 67.6 cm³/mol. The molecule has 3 rings (SSSR count). The van der Waals surface area contributed by atoms with Gasteiger partial charge in [-0.25, -0.2) is 0 Å². The van der Waals surface area contributed by atoms with Crippen LogP contribution in [0, 0.1) is 0 Å². The zero-order valence-electron chi connectivity index (χ0n) is 9.16. The smallest absolute Gasteiger partial charge is 0.0757 e. The number of thiophene rings is 1. The SMILES string of the molecule is CC1=Nc2c(ccc3sccc23)C1(C)C. The minimum Gasteiger partial charge on any atom is -0.256 e. The summed E-state index contributed by atoms with van der Waals surface area (Å²) in [6.07, 6.45) is 0. The lowest BCUT2D eigenvalue weighted by atomic mass is 9.82. The van der Waals surface area contributed by atoms with E-state index in [0.717, 1.165) is 0 Å². The summed E-state index contributed by atoms with van der Waals surface area (Å²) < 4.78 is 1.34. The zero-order chi connectivity index (χ0) is 10.6. The molecule has 1 nitrogen and oxygen atoms in total. The first-order chi connectivity index (χ1) is 7.10. The first kappa shape index (κ1) is 9.10. The fourth-order valence-electron chi connectivity index (χ4n) is 2.16. The fraction of sp³-hybridized carbons (Fsp3) is 0.308. The third kappa shape index (κ3) is 1.06. The largest absolute Gasteiger partial charge is 0.256 e. The van der Waals surface area contributed by atoms with Crippen LogP contribution in [0.4, 0.5) is 5.69 Å². The molecule has 0 saturated carbocycles. The lowest BCUT2D eigenvalue weighted by Crippen LogP contribution is -2.22. The quantitative estimate of drug-likeness (QED) is 0.622. The minimum absolute atomic E-state index is 0.103. The van der Waals surface area contributed by atoms with Crippen molar-refractivity contribution >= 4 is 32.8 Å². The number of rotatable bonds is 0. The van der Waals surface area contributed by atoms with Gasteiger partial charge in [0.05, 0.1) is 5.69 Å². The van der Waals surface area contributed by atoms with E-state index in [1.165, 1.54) is 27.0 Å². The molecule has 0 fully saturated rings. The van der Waals surface area contributed by atoms with E-state index in [-0.39, 0.29) is 5.41 Å². The molecule has 2 heteroatoms. The van der Waals surface area contributed by atoms with Crippen LogP contribution in [0.2, 0.25) is 0 Å². The van der Waals surface area contributed by atoms with E-state index in [9.17, 15) is 0 Å². The number of benzene rings is 1. The summed E-state index contributed by atoms with van der Waals surface area (Å²) in [6.45, 7) is 6.62. The van der Waals surface area contributed by atoms with Gasteiger partial charge in [0.1, 0.15) is 0 Å². The van der Waals surface area contributed by atoms with E-state index < -0.39 is 0 Å². The second kappa shape index (κ2) is 2.70. The van der Waals surface area contributed by atoms with Crippen LogP contribution in [0.15, 0.2) is 28.6 Å². The van der Waals surface area contributed by atoms with Gasteiger partial charge in [0.2, 0.25) is 0 Å². The van der Waals surface area contributed by atoms with Crippen LogP contribution in [-0.4, -0.2) is 5.71 Å². The lowest BCUT2D eigenvalue weighted by Gasteiger charge is -2.19. The minimum atomic E-state index is 0.103. The highest BCUT2D eigenvalue weighted by molar-refractivity contribution is 7.17. The van der Waals surface area contributed by atoms with Gasteiger partial charge in [-0.15, -0.1) is 11.3 Å². The molecule has 0 aliphatic carbocycles. The van der Waals surface area contributed by atoms with Crippen molar-refractivity contribution < 1.29 is 0 Å². The molecule has 2 aromatic rings. The van der Waals surface area contributed by atoms with Gasteiger partial charge in [-0.1, -0.05) is 19.9 Å². The summed E-state index contributed by atoms with van der Waals surface area (Å²) in [5.74, 6) is 0. The molecule has 0 atom stereocenters. The highest BCUT2D eigenvalue weighted by Gasteiger charge is 2.32. The van der Waals surface area contributed by atoms with Crippen LogP contribution in [0.25, 0.3) is 10.1 Å². The highest BCUT2D eigenvalue weighted by Crippen LogP contribution is 2.44. The Morgan fingerprint density at radius 3 is 2.80 bits per heavy atom. The summed E-state index contributed by atoms with van der Waals surface area (Å²) in [5, 5.41) is 3.45. The summed E-state index contributed by atoms with van der Waals surface area (Å²) in [4.78, 5) is 4.73. The number of nitrogens with zero attached hydrogens (tertiary/aromatic N) is 1. The molecule has 0 amide bonds. The summed E-state index contributed by atoms with van der Waals surface area (Å²) >= 11 is 1.79. The number of hydrogen-bond acceptors (Lipinski definition) is 2. The molecule has 0 N–H and O–H groups in total. The Morgan fingerprint density at radius 1 is 1.20 bits per heavy atom. The molecular weight excluding hydrogens is 202 g/mol. The molecule has 0 unspecified atom stereocenters. The normalized spacial score (nSPS) is 17.9. The van der Waals surface area contributed by atoms with Gasteiger partial charge in [-0.2, -0.15) is 0 Å². The first-order valence-corrected chi connectivity index (χ1v) is 6.05. The molecule has 2 heterocycles. The van der Waals surface area contributed by atoms with Crippen LogP contribution in [-0.2, 0) is 5.41 Å². The highest BCUT2D eigenvalue weighted by atomic mass is 32.1. The Morgan fingerprint density at radius 2 is 2.00 bits per heavy atom. The van der Waals surface area contributed by atoms with Crippen LogP contribution in [0.5, 0.6) is 0 Å². The topological polar surface area (TPSA) is 12.4 Å². The van der Waals surface area contributed by atoms with E-state index >= 15 is 0 Å². The zero-order valence-corrected chi connectivity index (χ0v) is 9.98. The summed E-state index contributed by atoms with van der Waals surface area (Å²) in [6, 6.07) is 6.62. The molecule has 1 aromatic carbocycles. The first-order valence-electron chi connectivity index (χ1n) is 5.17. The average molecular weight is 215 g/mol. The maximum atomic E-state index is 4.73. The molecule has 0 bridgehead atoms. The molecular formula is C13H13NS. The Kier molecular flexibility index (Phi) is 1.64. The van der Waals surface area contributed by atoms with E-state index in [1.807, 2.05) is 0 Å². The maximum absolute atomic E-state index is 4.73. The molecule has 1 aliphatic heterocycles. The molecule has 0 saturated heterocycles. The Hall–Kier alpha value is -1.15. The van der Waals surface area contributed by atoms with Crippen molar-refractivity contribution in [2.45, 2.75) is 26.2 Å². The monoisotopic (exact) mass is 215 g/mol. The third-order valence-electron chi connectivity index (χ3n) is 3.46. The standard InChI is InChI=1S/C13H13NS/c1-8-13(2,3)10-4-5-11-9(6-7-15-11)12(10)14-8/h4-7H,1-3H3. The Balaban J connectivity index is 2.43. The van der Waals surface area contributed by atoms with Gasteiger partial charge in [-0.3, -0.25) is 4.99 Å². The maximum Gasteiger partial charge on any atom is 0.0757 e. The van der Waals surface area contributed by atoms with Crippen LogP contribution in [0.1, 0.15) is 26.3 Å². The van der Waals surface area contributed by atoms with Crippen molar-refractivity contribution in [1.29, 1.82) is 0 Å². The van der Waals surface area contributed by atoms with Crippen molar-refractivity contribution in [2.24, 2.45) is 4.99 Å². The third-order valence-corrected chi connectivity index (χ3v) is 4.35.